The van der Waals surface area contributed by atoms with Gasteiger partial charge in [-0.3, -0.25) is 0 Å². The van der Waals surface area contributed by atoms with Gasteiger partial charge in [-0.15, -0.1) is 0 Å². The quantitative estimate of drug-likeness (QED) is 0.867. The first-order valence-corrected chi connectivity index (χ1v) is 6.97. The maximum Gasteiger partial charge on any atom is 0.335 e. The second kappa shape index (κ2) is 3.83. The van der Waals surface area contributed by atoms with Gasteiger partial charge < -0.3 is 10.1 Å². The third-order valence-electron chi connectivity index (χ3n) is 4.72. The third-order valence-corrected chi connectivity index (χ3v) is 4.72. The molecule has 1 aromatic carbocycles. The summed E-state index contributed by atoms with van der Waals surface area (Å²) in [6.45, 7) is 0. The Morgan fingerprint density at radius 3 is 2.68 bits per heavy atom. The summed E-state index contributed by atoms with van der Waals surface area (Å²) in [6.07, 6.45) is 5.35. The van der Waals surface area contributed by atoms with Crippen molar-refractivity contribution in [2.45, 2.75) is 31.6 Å². The predicted octanol–water partition coefficient (Wildman–Crippen LogP) is 3.16. The molecule has 2 aliphatic carbocycles. The van der Waals surface area contributed by atoms with Crippen LogP contribution in [0.15, 0.2) is 18.2 Å². The highest BCUT2D eigenvalue weighted by Gasteiger charge is 2.52. The molecule has 0 amide bonds. The Hall–Kier alpha value is -1.84. The molecule has 0 saturated heterocycles. The molecular formula is C15H16N2O2. The van der Waals surface area contributed by atoms with Gasteiger partial charge in [0.2, 0.25) is 0 Å². The zero-order valence-electron chi connectivity index (χ0n) is 10.6. The van der Waals surface area contributed by atoms with E-state index in [4.69, 9.17) is 5.11 Å². The molecule has 98 valence electrons. The minimum atomic E-state index is -0.891. The SMILES string of the molecule is O=C(O)c1ccc2nc(C3C4CCCCC43)[nH]c2c1. The lowest BCUT2D eigenvalue weighted by atomic mass is 10.0. The van der Waals surface area contributed by atoms with E-state index in [9.17, 15) is 4.79 Å². The smallest absolute Gasteiger partial charge is 0.335 e. The van der Waals surface area contributed by atoms with Crippen LogP contribution in [0.1, 0.15) is 47.8 Å². The van der Waals surface area contributed by atoms with Crippen molar-refractivity contribution in [1.82, 2.24) is 9.97 Å². The predicted molar refractivity (Wildman–Crippen MR) is 71.2 cm³/mol. The van der Waals surface area contributed by atoms with Gasteiger partial charge in [-0.1, -0.05) is 12.8 Å². The number of H-pyrrole nitrogens is 1. The Balaban J connectivity index is 1.70. The fourth-order valence-electron chi connectivity index (χ4n) is 3.72. The molecule has 1 heterocycles. The number of carbonyl (C=O) groups is 1. The first-order valence-electron chi connectivity index (χ1n) is 6.97. The lowest BCUT2D eigenvalue weighted by Gasteiger charge is -2.04. The fourth-order valence-corrected chi connectivity index (χ4v) is 3.72. The number of nitrogens with zero attached hydrogens (tertiary/aromatic N) is 1. The van der Waals surface area contributed by atoms with Crippen molar-refractivity contribution in [3.8, 4) is 0 Å². The van der Waals surface area contributed by atoms with Gasteiger partial charge in [0.05, 0.1) is 16.6 Å². The maximum atomic E-state index is 11.0. The highest BCUT2D eigenvalue weighted by molar-refractivity contribution is 5.92. The van der Waals surface area contributed by atoms with Crippen molar-refractivity contribution in [3.05, 3.63) is 29.6 Å². The lowest BCUT2D eigenvalue weighted by Crippen LogP contribution is -1.94. The molecule has 2 atom stereocenters. The molecule has 2 aliphatic rings. The Morgan fingerprint density at radius 2 is 2.00 bits per heavy atom. The van der Waals surface area contributed by atoms with Crippen LogP contribution in [0.25, 0.3) is 11.0 Å². The number of fused-ring (bicyclic) bond motifs is 2. The topological polar surface area (TPSA) is 66.0 Å². The highest BCUT2D eigenvalue weighted by atomic mass is 16.4. The molecule has 2 unspecified atom stereocenters. The molecule has 0 aliphatic heterocycles. The van der Waals surface area contributed by atoms with E-state index >= 15 is 0 Å². The number of carboxylic acid groups (broad SMARTS) is 1. The van der Waals surface area contributed by atoms with E-state index in [0.29, 0.717) is 11.5 Å². The average molecular weight is 256 g/mol. The summed E-state index contributed by atoms with van der Waals surface area (Å²) in [6, 6.07) is 5.10. The summed E-state index contributed by atoms with van der Waals surface area (Å²) in [4.78, 5) is 19.0. The first kappa shape index (κ1) is 11.0. The van der Waals surface area contributed by atoms with Crippen LogP contribution in [0.4, 0.5) is 0 Å². The zero-order chi connectivity index (χ0) is 13.0. The summed E-state index contributed by atoms with van der Waals surface area (Å²) >= 11 is 0. The number of nitrogens with one attached hydrogen (secondary N) is 1. The van der Waals surface area contributed by atoms with Gasteiger partial charge in [-0.2, -0.15) is 0 Å². The molecule has 1 aromatic heterocycles. The van der Waals surface area contributed by atoms with E-state index in [1.165, 1.54) is 25.7 Å². The van der Waals surface area contributed by atoms with E-state index in [2.05, 4.69) is 9.97 Å². The highest BCUT2D eigenvalue weighted by Crippen LogP contribution is 2.60. The lowest BCUT2D eigenvalue weighted by molar-refractivity contribution is 0.0697. The summed E-state index contributed by atoms with van der Waals surface area (Å²) in [5, 5.41) is 9.01. The van der Waals surface area contributed by atoms with E-state index in [-0.39, 0.29) is 0 Å². The Kier molecular flexibility index (Phi) is 2.22. The Morgan fingerprint density at radius 1 is 1.26 bits per heavy atom. The van der Waals surface area contributed by atoms with Gasteiger partial charge in [0, 0.05) is 5.92 Å². The van der Waals surface area contributed by atoms with E-state index in [1.807, 2.05) is 0 Å². The second-order valence-corrected chi connectivity index (χ2v) is 5.80. The van der Waals surface area contributed by atoms with Crippen molar-refractivity contribution in [2.75, 3.05) is 0 Å². The molecule has 4 heteroatoms. The average Bonchev–Trinajstić information content (AvgIpc) is 3.00. The molecule has 2 N–H and O–H groups in total. The van der Waals surface area contributed by atoms with E-state index < -0.39 is 5.97 Å². The number of rotatable bonds is 2. The molecule has 0 bridgehead atoms. The van der Waals surface area contributed by atoms with Gasteiger partial charge >= 0.3 is 5.97 Å². The Bertz CT molecular complexity index is 649. The van der Waals surface area contributed by atoms with Crippen LogP contribution >= 0.6 is 0 Å². The summed E-state index contributed by atoms with van der Waals surface area (Å²) < 4.78 is 0. The number of aromatic amines is 1. The van der Waals surface area contributed by atoms with Gasteiger partial charge in [-0.25, -0.2) is 9.78 Å². The van der Waals surface area contributed by atoms with Crippen LogP contribution in [-0.4, -0.2) is 21.0 Å². The number of hydrogen-bond donors (Lipinski definition) is 2. The monoisotopic (exact) mass is 256 g/mol. The number of aromatic carboxylic acids is 1. The summed E-state index contributed by atoms with van der Waals surface area (Å²) in [5.41, 5.74) is 2.04. The first-order chi connectivity index (χ1) is 9.24. The van der Waals surface area contributed by atoms with Crippen LogP contribution in [0.3, 0.4) is 0 Å². The Labute approximate surface area is 110 Å². The normalized spacial score (nSPS) is 29.2. The molecule has 4 rings (SSSR count). The van der Waals surface area contributed by atoms with Gasteiger partial charge in [0.15, 0.2) is 0 Å². The minimum Gasteiger partial charge on any atom is -0.478 e. The largest absolute Gasteiger partial charge is 0.478 e. The van der Waals surface area contributed by atoms with Gasteiger partial charge in [0.1, 0.15) is 5.82 Å². The van der Waals surface area contributed by atoms with E-state index in [1.54, 1.807) is 18.2 Å². The van der Waals surface area contributed by atoms with Crippen LogP contribution in [0, 0.1) is 11.8 Å². The van der Waals surface area contributed by atoms with Crippen LogP contribution < -0.4 is 0 Å². The van der Waals surface area contributed by atoms with Crippen molar-refractivity contribution in [3.63, 3.8) is 0 Å². The maximum absolute atomic E-state index is 11.0. The van der Waals surface area contributed by atoms with Gasteiger partial charge in [-0.05, 0) is 42.9 Å². The number of carboxylic acids is 1. The van der Waals surface area contributed by atoms with Crippen molar-refractivity contribution in [2.24, 2.45) is 11.8 Å². The standard InChI is InChI=1S/C15H16N2O2/c18-15(19)8-5-6-11-12(7-8)17-14(16-11)13-9-3-1-2-4-10(9)13/h5-7,9-10,13H,1-4H2,(H,16,17)(H,18,19). The van der Waals surface area contributed by atoms with Crippen LogP contribution in [0.2, 0.25) is 0 Å². The van der Waals surface area contributed by atoms with Crippen molar-refractivity contribution < 1.29 is 9.90 Å². The number of hydrogen-bond acceptors (Lipinski definition) is 2. The van der Waals surface area contributed by atoms with Gasteiger partial charge in [0.25, 0.3) is 0 Å². The zero-order valence-corrected chi connectivity index (χ0v) is 10.6. The molecular weight excluding hydrogens is 240 g/mol. The van der Waals surface area contributed by atoms with Crippen LogP contribution in [0.5, 0.6) is 0 Å². The molecule has 2 aromatic rings. The fraction of sp³-hybridized carbons (Fsp3) is 0.467. The third kappa shape index (κ3) is 1.66. The molecule has 4 nitrogen and oxygen atoms in total. The number of imidazole rings is 1. The summed E-state index contributed by atoms with van der Waals surface area (Å²) in [7, 11) is 0. The molecule has 0 spiro atoms. The summed E-state index contributed by atoms with van der Waals surface area (Å²) in [5.74, 6) is 2.39. The molecule has 2 fully saturated rings. The number of aromatic nitrogens is 2. The van der Waals surface area contributed by atoms with Crippen molar-refractivity contribution in [1.29, 1.82) is 0 Å². The van der Waals surface area contributed by atoms with Crippen molar-refractivity contribution >= 4 is 17.0 Å². The minimum absolute atomic E-state index is 0.316. The van der Waals surface area contributed by atoms with E-state index in [0.717, 1.165) is 28.7 Å². The number of benzene rings is 1. The molecule has 0 radical (unpaired) electrons. The molecule has 2 saturated carbocycles. The second-order valence-electron chi connectivity index (χ2n) is 5.80. The molecule has 19 heavy (non-hydrogen) atoms. The van der Waals surface area contributed by atoms with Crippen LogP contribution in [-0.2, 0) is 0 Å².